The Hall–Kier alpha value is -1.38. The number of nitrogens with two attached hydrogens (primary N) is 1. The van der Waals surface area contributed by atoms with E-state index in [1.165, 1.54) is 18.5 Å². The van der Waals surface area contributed by atoms with Gasteiger partial charge in [0.2, 0.25) is 0 Å². The zero-order valence-electron chi connectivity index (χ0n) is 12.5. The van der Waals surface area contributed by atoms with Crippen molar-refractivity contribution in [2.24, 2.45) is 5.92 Å². The molecule has 1 aromatic carbocycles. The number of hydrogen-bond donors (Lipinski definition) is 1. The summed E-state index contributed by atoms with van der Waals surface area (Å²) in [6, 6.07) is 6.65. The van der Waals surface area contributed by atoms with E-state index in [4.69, 9.17) is 10.5 Å². The van der Waals surface area contributed by atoms with E-state index < -0.39 is 0 Å². The minimum absolute atomic E-state index is 0.173. The lowest BCUT2D eigenvalue weighted by atomic mass is 9.94. The molecule has 1 aliphatic heterocycles. The molecule has 3 nitrogen and oxygen atoms in total. The predicted octanol–water partition coefficient (Wildman–Crippen LogP) is 3.68. The first-order valence-corrected chi connectivity index (χ1v) is 7.29. The lowest BCUT2D eigenvalue weighted by Gasteiger charge is -2.38. The number of piperidine rings is 1. The highest BCUT2D eigenvalue weighted by Gasteiger charge is 2.23. The Morgan fingerprint density at radius 3 is 2.63 bits per heavy atom. The van der Waals surface area contributed by atoms with Crippen LogP contribution in [0.2, 0.25) is 0 Å². The number of ether oxygens (including phenoxy) is 1. The smallest absolute Gasteiger partial charge is 0.123 e. The van der Waals surface area contributed by atoms with E-state index in [2.05, 4.69) is 30.9 Å². The molecule has 0 aliphatic carbocycles. The third-order valence-corrected chi connectivity index (χ3v) is 3.73. The van der Waals surface area contributed by atoms with Crippen LogP contribution in [0.25, 0.3) is 0 Å². The molecule has 106 valence electrons. The van der Waals surface area contributed by atoms with Gasteiger partial charge >= 0.3 is 0 Å². The van der Waals surface area contributed by atoms with Gasteiger partial charge in [0.05, 0.1) is 6.10 Å². The Morgan fingerprint density at radius 2 is 1.95 bits per heavy atom. The molecule has 0 saturated carbocycles. The van der Waals surface area contributed by atoms with Gasteiger partial charge in [0, 0.05) is 36.1 Å². The fraction of sp³-hybridized carbons (Fsp3) is 0.625. The summed E-state index contributed by atoms with van der Waals surface area (Å²) in [7, 11) is 0. The van der Waals surface area contributed by atoms with Crippen molar-refractivity contribution in [1.82, 2.24) is 0 Å². The summed E-state index contributed by atoms with van der Waals surface area (Å²) in [5.74, 6) is 1.61. The Labute approximate surface area is 116 Å². The lowest BCUT2D eigenvalue weighted by molar-refractivity contribution is 0.242. The minimum Gasteiger partial charge on any atom is -0.491 e. The van der Waals surface area contributed by atoms with E-state index in [1.807, 2.05) is 19.9 Å². The Kier molecular flexibility index (Phi) is 4.23. The Bertz CT molecular complexity index is 431. The highest BCUT2D eigenvalue weighted by molar-refractivity contribution is 5.61. The van der Waals surface area contributed by atoms with Crippen molar-refractivity contribution >= 4 is 11.4 Å². The van der Waals surface area contributed by atoms with Crippen LogP contribution in [0.5, 0.6) is 5.75 Å². The van der Waals surface area contributed by atoms with Crippen LogP contribution in [0.3, 0.4) is 0 Å². The van der Waals surface area contributed by atoms with E-state index in [9.17, 15) is 0 Å². The molecule has 1 aromatic rings. The number of hydrogen-bond acceptors (Lipinski definition) is 3. The largest absolute Gasteiger partial charge is 0.491 e. The topological polar surface area (TPSA) is 38.5 Å². The lowest BCUT2D eigenvalue weighted by Crippen LogP contribution is -2.41. The highest BCUT2D eigenvalue weighted by Crippen LogP contribution is 2.32. The molecule has 1 saturated heterocycles. The second kappa shape index (κ2) is 5.72. The first kappa shape index (κ1) is 14.0. The molecule has 3 heteroatoms. The van der Waals surface area contributed by atoms with Crippen LogP contribution in [0, 0.1) is 5.92 Å². The number of nitrogen functional groups attached to an aromatic ring is 1. The SMILES string of the molecule is CC1CCC(C)N(c2cc(N)cc(OC(C)C)c2)C1. The fourth-order valence-electron chi connectivity index (χ4n) is 2.76. The van der Waals surface area contributed by atoms with E-state index in [0.29, 0.717) is 6.04 Å². The third kappa shape index (κ3) is 3.55. The predicted molar refractivity (Wildman–Crippen MR) is 81.8 cm³/mol. The van der Waals surface area contributed by atoms with Crippen molar-refractivity contribution < 1.29 is 4.74 Å². The number of rotatable bonds is 3. The van der Waals surface area contributed by atoms with E-state index >= 15 is 0 Å². The van der Waals surface area contributed by atoms with Crippen LogP contribution in [-0.4, -0.2) is 18.7 Å². The standard InChI is InChI=1S/C16H26N2O/c1-11(2)19-16-8-14(17)7-15(9-16)18-10-12(3)5-6-13(18)4/h7-9,11-13H,5-6,10,17H2,1-4H3. The van der Waals surface area contributed by atoms with Gasteiger partial charge in [0.25, 0.3) is 0 Å². The summed E-state index contributed by atoms with van der Waals surface area (Å²) >= 11 is 0. The van der Waals surface area contributed by atoms with Gasteiger partial charge in [-0.05, 0) is 45.6 Å². The zero-order chi connectivity index (χ0) is 14.0. The summed E-state index contributed by atoms with van der Waals surface area (Å²) in [6.07, 6.45) is 2.73. The molecule has 19 heavy (non-hydrogen) atoms. The van der Waals surface area contributed by atoms with Crippen molar-refractivity contribution in [2.45, 2.75) is 52.7 Å². The second-order valence-electron chi connectivity index (χ2n) is 6.11. The average Bonchev–Trinajstić information content (AvgIpc) is 2.30. The molecule has 1 fully saturated rings. The fourth-order valence-corrected chi connectivity index (χ4v) is 2.76. The molecule has 0 aromatic heterocycles. The summed E-state index contributed by atoms with van der Waals surface area (Å²) in [5, 5.41) is 0. The van der Waals surface area contributed by atoms with Crippen molar-refractivity contribution in [2.75, 3.05) is 17.2 Å². The van der Waals surface area contributed by atoms with Crippen molar-refractivity contribution in [3.05, 3.63) is 18.2 Å². The summed E-state index contributed by atoms with van der Waals surface area (Å²) in [6.45, 7) is 9.78. The molecule has 2 unspecified atom stereocenters. The molecular weight excluding hydrogens is 236 g/mol. The van der Waals surface area contributed by atoms with E-state index in [1.54, 1.807) is 0 Å². The van der Waals surface area contributed by atoms with Crippen molar-refractivity contribution in [1.29, 1.82) is 0 Å². The van der Waals surface area contributed by atoms with Crippen molar-refractivity contribution in [3.8, 4) is 5.75 Å². The van der Waals surface area contributed by atoms with Gasteiger partial charge in [-0.2, -0.15) is 0 Å². The van der Waals surface area contributed by atoms with Gasteiger partial charge in [0.1, 0.15) is 5.75 Å². The van der Waals surface area contributed by atoms with E-state index in [-0.39, 0.29) is 6.10 Å². The Morgan fingerprint density at radius 1 is 1.21 bits per heavy atom. The maximum atomic E-state index is 6.02. The molecule has 2 rings (SSSR count). The molecule has 1 aliphatic rings. The molecule has 2 N–H and O–H groups in total. The molecular formula is C16H26N2O. The molecule has 0 spiro atoms. The number of anilines is 2. The maximum absolute atomic E-state index is 6.02. The van der Waals surface area contributed by atoms with Crippen LogP contribution in [0.15, 0.2) is 18.2 Å². The third-order valence-electron chi connectivity index (χ3n) is 3.73. The summed E-state index contributed by atoms with van der Waals surface area (Å²) < 4.78 is 5.78. The van der Waals surface area contributed by atoms with Gasteiger partial charge in [-0.3, -0.25) is 0 Å². The van der Waals surface area contributed by atoms with Gasteiger partial charge in [-0.1, -0.05) is 6.92 Å². The minimum atomic E-state index is 0.173. The van der Waals surface area contributed by atoms with Crippen LogP contribution >= 0.6 is 0 Å². The van der Waals surface area contributed by atoms with Gasteiger partial charge < -0.3 is 15.4 Å². The molecule has 2 atom stereocenters. The quantitative estimate of drug-likeness (QED) is 0.844. The van der Waals surface area contributed by atoms with Gasteiger partial charge in [-0.25, -0.2) is 0 Å². The Balaban J connectivity index is 2.25. The number of nitrogens with zero attached hydrogens (tertiary/aromatic N) is 1. The molecule has 1 heterocycles. The van der Waals surface area contributed by atoms with Crippen LogP contribution < -0.4 is 15.4 Å². The van der Waals surface area contributed by atoms with Crippen LogP contribution in [-0.2, 0) is 0 Å². The number of benzene rings is 1. The maximum Gasteiger partial charge on any atom is 0.123 e. The first-order chi connectivity index (χ1) is 8.95. The second-order valence-corrected chi connectivity index (χ2v) is 6.11. The molecule has 0 bridgehead atoms. The van der Waals surface area contributed by atoms with Gasteiger partial charge in [-0.15, -0.1) is 0 Å². The van der Waals surface area contributed by atoms with Crippen LogP contribution in [0.1, 0.15) is 40.5 Å². The monoisotopic (exact) mass is 262 g/mol. The van der Waals surface area contributed by atoms with Crippen LogP contribution in [0.4, 0.5) is 11.4 Å². The summed E-state index contributed by atoms with van der Waals surface area (Å²) in [4.78, 5) is 2.46. The molecule has 0 amide bonds. The zero-order valence-corrected chi connectivity index (χ0v) is 12.5. The molecule has 0 radical (unpaired) electrons. The van der Waals surface area contributed by atoms with Crippen molar-refractivity contribution in [3.63, 3.8) is 0 Å². The summed E-state index contributed by atoms with van der Waals surface area (Å²) in [5.41, 5.74) is 7.98. The first-order valence-electron chi connectivity index (χ1n) is 7.29. The highest BCUT2D eigenvalue weighted by atomic mass is 16.5. The normalized spacial score (nSPS) is 23.7. The van der Waals surface area contributed by atoms with Gasteiger partial charge in [0.15, 0.2) is 0 Å². The average molecular weight is 262 g/mol. The van der Waals surface area contributed by atoms with E-state index in [0.717, 1.165) is 23.9 Å².